The molecule has 0 amide bonds. The summed E-state index contributed by atoms with van der Waals surface area (Å²) >= 11 is 6.13. The summed E-state index contributed by atoms with van der Waals surface area (Å²) in [6.07, 6.45) is 3.33. The van der Waals surface area contributed by atoms with Crippen molar-refractivity contribution in [1.29, 1.82) is 0 Å². The highest BCUT2D eigenvalue weighted by molar-refractivity contribution is 7.91. The van der Waals surface area contributed by atoms with Gasteiger partial charge in [-0.25, -0.2) is 18.0 Å². The second-order valence-electron chi connectivity index (χ2n) is 6.16. The van der Waals surface area contributed by atoms with Crippen LogP contribution in [0.2, 0.25) is 5.02 Å². The SMILES string of the molecule is Cn1nnn(-c2c(Cl)ccc(C(=O)OC3=CC(=O)CCC3)c2S(C)(=O)=O)c1=O. The van der Waals surface area contributed by atoms with E-state index >= 15 is 0 Å². The lowest BCUT2D eigenvalue weighted by atomic mass is 10.1. The quantitative estimate of drug-likeness (QED) is 0.656. The molecular formula is C16H15ClN4O6S. The van der Waals surface area contributed by atoms with E-state index < -0.39 is 26.4 Å². The van der Waals surface area contributed by atoms with Gasteiger partial charge in [-0.3, -0.25) is 4.79 Å². The van der Waals surface area contributed by atoms with Crippen LogP contribution in [-0.4, -0.2) is 46.2 Å². The molecule has 1 aromatic heterocycles. The van der Waals surface area contributed by atoms with Crippen LogP contribution in [0.5, 0.6) is 0 Å². The third-order valence-electron chi connectivity index (χ3n) is 4.00. The van der Waals surface area contributed by atoms with E-state index in [0.717, 1.165) is 10.9 Å². The number of nitrogens with zero attached hydrogens (tertiary/aromatic N) is 4. The molecule has 10 nitrogen and oxygen atoms in total. The Morgan fingerprint density at radius 1 is 1.21 bits per heavy atom. The third-order valence-corrected chi connectivity index (χ3v) is 5.46. The van der Waals surface area contributed by atoms with Crippen LogP contribution in [0.15, 0.2) is 33.7 Å². The molecule has 0 saturated carbocycles. The average Bonchev–Trinajstić information content (AvgIpc) is 2.93. The minimum Gasteiger partial charge on any atom is -0.427 e. The summed E-state index contributed by atoms with van der Waals surface area (Å²) in [6, 6.07) is 2.43. The largest absolute Gasteiger partial charge is 0.427 e. The maximum Gasteiger partial charge on any atom is 0.368 e. The topological polar surface area (TPSA) is 130 Å². The molecule has 1 aliphatic carbocycles. The van der Waals surface area contributed by atoms with Gasteiger partial charge in [-0.1, -0.05) is 11.6 Å². The van der Waals surface area contributed by atoms with Crippen molar-refractivity contribution in [2.45, 2.75) is 24.2 Å². The van der Waals surface area contributed by atoms with Gasteiger partial charge in [-0.15, -0.1) is 0 Å². The summed E-state index contributed by atoms with van der Waals surface area (Å²) in [5.74, 6) is -1.02. The zero-order valence-corrected chi connectivity index (χ0v) is 16.5. The summed E-state index contributed by atoms with van der Waals surface area (Å²) in [7, 11) is -2.72. The second-order valence-corrected chi connectivity index (χ2v) is 8.52. The molecule has 1 aliphatic rings. The third kappa shape index (κ3) is 3.76. The maximum atomic E-state index is 12.7. The number of ether oxygens (including phenoxy) is 1. The van der Waals surface area contributed by atoms with E-state index in [4.69, 9.17) is 16.3 Å². The van der Waals surface area contributed by atoms with Crippen molar-refractivity contribution in [1.82, 2.24) is 19.8 Å². The smallest absolute Gasteiger partial charge is 0.368 e. The van der Waals surface area contributed by atoms with Gasteiger partial charge in [0.25, 0.3) is 0 Å². The molecule has 0 unspecified atom stereocenters. The Labute approximate surface area is 164 Å². The van der Waals surface area contributed by atoms with E-state index in [1.165, 1.54) is 25.3 Å². The summed E-state index contributed by atoms with van der Waals surface area (Å²) in [6.45, 7) is 0. The molecule has 0 fully saturated rings. The highest BCUT2D eigenvalue weighted by Crippen LogP contribution is 2.31. The van der Waals surface area contributed by atoms with Crippen LogP contribution < -0.4 is 5.69 Å². The molecule has 1 aromatic carbocycles. The van der Waals surface area contributed by atoms with Crippen molar-refractivity contribution >= 4 is 33.2 Å². The number of carbonyl (C=O) groups is 2. The summed E-state index contributed by atoms with van der Waals surface area (Å²) in [4.78, 5) is 35.9. The minimum atomic E-state index is -4.05. The predicted octanol–water partition coefficient (Wildman–Crippen LogP) is 0.817. The van der Waals surface area contributed by atoms with Crippen molar-refractivity contribution in [2.24, 2.45) is 7.05 Å². The van der Waals surface area contributed by atoms with E-state index in [-0.39, 0.29) is 27.8 Å². The molecule has 0 bridgehead atoms. The number of hydrogen-bond donors (Lipinski definition) is 0. The Balaban J connectivity index is 2.19. The first kappa shape index (κ1) is 20.0. The van der Waals surface area contributed by atoms with Crippen molar-refractivity contribution in [3.8, 4) is 5.69 Å². The molecular weight excluding hydrogens is 412 g/mol. The van der Waals surface area contributed by atoms with Gasteiger partial charge in [0, 0.05) is 32.2 Å². The number of tetrazole rings is 1. The number of benzene rings is 1. The molecule has 2 aromatic rings. The number of halogens is 1. The zero-order valence-electron chi connectivity index (χ0n) is 14.9. The highest BCUT2D eigenvalue weighted by atomic mass is 35.5. The van der Waals surface area contributed by atoms with Crippen molar-refractivity contribution in [3.05, 3.63) is 45.0 Å². The summed E-state index contributed by atoms with van der Waals surface area (Å²) in [5, 5.41) is 7.02. The number of ketones is 1. The van der Waals surface area contributed by atoms with Crippen LogP contribution >= 0.6 is 11.6 Å². The predicted molar refractivity (Wildman–Crippen MR) is 97.1 cm³/mol. The number of carbonyl (C=O) groups excluding carboxylic acids is 2. The van der Waals surface area contributed by atoms with Gasteiger partial charge in [0.05, 0.1) is 10.6 Å². The van der Waals surface area contributed by atoms with Gasteiger partial charge < -0.3 is 4.74 Å². The molecule has 0 saturated heterocycles. The van der Waals surface area contributed by atoms with Crippen LogP contribution in [0.25, 0.3) is 5.69 Å². The van der Waals surface area contributed by atoms with E-state index in [9.17, 15) is 22.8 Å². The molecule has 0 atom stereocenters. The Kier molecular flexibility index (Phi) is 5.22. The Hall–Kier alpha value is -2.79. The molecule has 0 spiro atoms. The lowest BCUT2D eigenvalue weighted by Crippen LogP contribution is -2.25. The Morgan fingerprint density at radius 2 is 1.93 bits per heavy atom. The van der Waals surface area contributed by atoms with E-state index in [2.05, 4.69) is 10.4 Å². The molecule has 12 heteroatoms. The van der Waals surface area contributed by atoms with Crippen LogP contribution in [0.4, 0.5) is 0 Å². The summed E-state index contributed by atoms with van der Waals surface area (Å²) < 4.78 is 31.7. The number of allylic oxidation sites excluding steroid dienone is 2. The van der Waals surface area contributed by atoms with Gasteiger partial charge in [0.1, 0.15) is 16.3 Å². The van der Waals surface area contributed by atoms with Gasteiger partial charge in [0.2, 0.25) is 0 Å². The highest BCUT2D eigenvalue weighted by Gasteiger charge is 2.29. The molecule has 3 rings (SSSR count). The molecule has 148 valence electrons. The van der Waals surface area contributed by atoms with Gasteiger partial charge in [-0.2, -0.15) is 9.36 Å². The minimum absolute atomic E-state index is 0.119. The molecule has 1 heterocycles. The number of aromatic nitrogens is 4. The number of hydrogen-bond acceptors (Lipinski definition) is 8. The number of aryl methyl sites for hydroxylation is 1. The fourth-order valence-electron chi connectivity index (χ4n) is 2.75. The lowest BCUT2D eigenvalue weighted by Gasteiger charge is -2.16. The van der Waals surface area contributed by atoms with Crippen LogP contribution in [-0.2, 0) is 26.4 Å². The van der Waals surface area contributed by atoms with Crippen molar-refractivity contribution in [2.75, 3.05) is 6.26 Å². The standard InChI is InChI=1S/C16H15ClN4O6S/c1-20-16(24)21(19-18-20)13-12(17)7-6-11(14(13)28(2,25)26)15(23)27-10-5-3-4-9(22)8-10/h6-8H,3-5H2,1-2H3. The second kappa shape index (κ2) is 7.32. The molecule has 0 N–H and O–H groups in total. The first-order valence-electron chi connectivity index (χ1n) is 8.07. The monoisotopic (exact) mass is 426 g/mol. The van der Waals surface area contributed by atoms with Crippen molar-refractivity contribution < 1.29 is 22.7 Å². The van der Waals surface area contributed by atoms with Gasteiger partial charge in [-0.05, 0) is 29.0 Å². The van der Waals surface area contributed by atoms with E-state index in [1.807, 2.05) is 0 Å². The lowest BCUT2D eigenvalue weighted by molar-refractivity contribution is -0.115. The molecule has 28 heavy (non-hydrogen) atoms. The fourth-order valence-corrected chi connectivity index (χ4v) is 4.14. The van der Waals surface area contributed by atoms with Crippen molar-refractivity contribution in [3.63, 3.8) is 0 Å². The van der Waals surface area contributed by atoms with Crippen LogP contribution in [0.1, 0.15) is 29.6 Å². The van der Waals surface area contributed by atoms with Crippen LogP contribution in [0, 0.1) is 0 Å². The first-order chi connectivity index (χ1) is 13.1. The van der Waals surface area contributed by atoms with Gasteiger partial charge in [0.15, 0.2) is 15.6 Å². The van der Waals surface area contributed by atoms with Crippen LogP contribution in [0.3, 0.4) is 0 Å². The number of sulfone groups is 1. The Morgan fingerprint density at radius 3 is 2.50 bits per heavy atom. The first-order valence-corrected chi connectivity index (χ1v) is 10.3. The zero-order chi connectivity index (χ0) is 20.6. The fraction of sp³-hybridized carbons (Fsp3) is 0.312. The summed E-state index contributed by atoms with van der Waals surface area (Å²) in [5.41, 5.74) is -1.39. The Bertz CT molecular complexity index is 1180. The normalized spacial score (nSPS) is 14.7. The molecule has 0 aliphatic heterocycles. The van der Waals surface area contributed by atoms with Gasteiger partial charge >= 0.3 is 11.7 Å². The maximum absolute atomic E-state index is 12.7. The van der Waals surface area contributed by atoms with E-state index in [1.54, 1.807) is 0 Å². The molecule has 0 radical (unpaired) electrons. The van der Waals surface area contributed by atoms with E-state index in [0.29, 0.717) is 23.9 Å². The average molecular weight is 427 g/mol. The number of rotatable bonds is 4. The number of esters is 1.